The summed E-state index contributed by atoms with van der Waals surface area (Å²) >= 11 is 0. The average Bonchev–Trinajstić information content (AvgIpc) is 3.57. The van der Waals surface area contributed by atoms with E-state index in [1.54, 1.807) is 0 Å². The molecular weight excluding hydrogens is 330 g/mol. The van der Waals surface area contributed by atoms with Crippen molar-refractivity contribution in [3.8, 4) is 11.1 Å². The van der Waals surface area contributed by atoms with Crippen molar-refractivity contribution in [3.05, 3.63) is 89.5 Å². The van der Waals surface area contributed by atoms with Crippen molar-refractivity contribution in [1.29, 1.82) is 0 Å². The minimum absolute atomic E-state index is 0.453. The van der Waals surface area contributed by atoms with E-state index in [9.17, 15) is 5.11 Å². The third kappa shape index (κ3) is 2.61. The number of aliphatic hydroxyl groups excluding tert-OH is 1. The summed E-state index contributed by atoms with van der Waals surface area (Å²) in [4.78, 5) is 0. The van der Waals surface area contributed by atoms with Crippen molar-refractivity contribution < 1.29 is 5.11 Å². The van der Waals surface area contributed by atoms with Gasteiger partial charge in [-0.1, -0.05) is 72.8 Å². The number of hydrogen-bond donors (Lipinski definition) is 2. The fraction of sp³-hybridized carbons (Fsp3) is 0.120. The van der Waals surface area contributed by atoms with E-state index < -0.39 is 0 Å². The Bertz CT molecular complexity index is 1140. The molecule has 0 radical (unpaired) electrons. The van der Waals surface area contributed by atoms with Crippen LogP contribution in [0.2, 0.25) is 0 Å². The lowest BCUT2D eigenvalue weighted by atomic mass is 9.88. The summed E-state index contributed by atoms with van der Waals surface area (Å²) < 4.78 is 0. The van der Waals surface area contributed by atoms with Gasteiger partial charge in [-0.2, -0.15) is 0 Å². The van der Waals surface area contributed by atoms with E-state index in [4.69, 9.17) is 5.73 Å². The Kier molecular flexibility index (Phi) is 3.73. The zero-order valence-electron chi connectivity index (χ0n) is 15.1. The number of allylic oxidation sites excluding steroid dienone is 1. The standard InChI is InChI=1S/C25H21NO/c26-15-23-19-5-1-3-7-21(19)24(22-8-4-2-6-20(22)23)16-9-11-17(12-10-16)25(27)18-13-14-18/h1-12,27H,13-15,26H2. The van der Waals surface area contributed by atoms with Gasteiger partial charge in [0.05, 0.1) is 0 Å². The molecule has 132 valence electrons. The number of aliphatic hydroxyl groups is 1. The first-order valence-electron chi connectivity index (χ1n) is 9.42. The topological polar surface area (TPSA) is 46.2 Å². The fourth-order valence-electron chi connectivity index (χ4n) is 4.05. The molecule has 0 unspecified atom stereocenters. The van der Waals surface area contributed by atoms with Crippen LogP contribution in [0, 0.1) is 0 Å². The molecule has 1 fully saturated rings. The molecule has 0 bridgehead atoms. The van der Waals surface area contributed by atoms with Crippen LogP contribution in [-0.4, -0.2) is 5.11 Å². The molecule has 0 aromatic heterocycles. The van der Waals surface area contributed by atoms with Gasteiger partial charge in [0, 0.05) is 12.1 Å². The summed E-state index contributed by atoms with van der Waals surface area (Å²) in [5.41, 5.74) is 11.8. The van der Waals surface area contributed by atoms with Crippen LogP contribution in [0.1, 0.15) is 24.0 Å². The molecule has 3 N–H and O–H groups in total. The summed E-state index contributed by atoms with van der Waals surface area (Å²) in [5, 5.41) is 15.2. The highest BCUT2D eigenvalue weighted by Gasteiger charge is 2.19. The van der Waals surface area contributed by atoms with Gasteiger partial charge in [0.25, 0.3) is 0 Å². The number of nitrogens with two attached hydrogens (primary N) is 1. The molecule has 0 heterocycles. The number of benzene rings is 4. The van der Waals surface area contributed by atoms with Crippen LogP contribution in [-0.2, 0) is 6.54 Å². The van der Waals surface area contributed by atoms with Gasteiger partial charge in [-0.25, -0.2) is 0 Å². The maximum Gasteiger partial charge on any atom is 0.122 e. The molecule has 5 rings (SSSR count). The lowest BCUT2D eigenvalue weighted by Gasteiger charge is -2.16. The lowest BCUT2D eigenvalue weighted by Crippen LogP contribution is -2.00. The summed E-state index contributed by atoms with van der Waals surface area (Å²) in [5.74, 6) is 0.453. The van der Waals surface area contributed by atoms with Crippen molar-refractivity contribution >= 4 is 27.3 Å². The fourth-order valence-corrected chi connectivity index (χ4v) is 4.05. The van der Waals surface area contributed by atoms with E-state index in [0.717, 1.165) is 29.5 Å². The van der Waals surface area contributed by atoms with Crippen LogP contribution in [0.25, 0.3) is 38.4 Å². The van der Waals surface area contributed by atoms with E-state index in [1.165, 1.54) is 32.7 Å². The molecule has 0 spiro atoms. The molecule has 1 aliphatic rings. The van der Waals surface area contributed by atoms with Gasteiger partial charge in [-0.15, -0.1) is 0 Å². The average molecular weight is 351 g/mol. The molecule has 4 aromatic rings. The Hall–Kier alpha value is -3.10. The van der Waals surface area contributed by atoms with Crippen LogP contribution in [0.3, 0.4) is 0 Å². The zero-order chi connectivity index (χ0) is 18.4. The van der Waals surface area contributed by atoms with Gasteiger partial charge in [0.2, 0.25) is 0 Å². The van der Waals surface area contributed by atoms with Gasteiger partial charge in [-0.05, 0) is 56.6 Å². The largest absolute Gasteiger partial charge is 0.507 e. The summed E-state index contributed by atoms with van der Waals surface area (Å²) in [6.45, 7) is 0.516. The van der Waals surface area contributed by atoms with Gasteiger partial charge < -0.3 is 10.8 Å². The quantitative estimate of drug-likeness (QED) is 0.342. The highest BCUT2D eigenvalue weighted by Crippen LogP contribution is 2.40. The van der Waals surface area contributed by atoms with Gasteiger partial charge in [0.15, 0.2) is 0 Å². The lowest BCUT2D eigenvalue weighted by molar-refractivity contribution is 0.509. The molecular formula is C25H21NO. The second-order valence-electron chi connectivity index (χ2n) is 7.18. The molecule has 1 aliphatic carbocycles. The maximum atomic E-state index is 10.3. The van der Waals surface area contributed by atoms with E-state index in [2.05, 4.69) is 60.7 Å². The second kappa shape index (κ2) is 6.26. The van der Waals surface area contributed by atoms with Crippen LogP contribution in [0.4, 0.5) is 0 Å². The summed E-state index contributed by atoms with van der Waals surface area (Å²) in [6, 6.07) is 25.3. The molecule has 0 atom stereocenters. The van der Waals surface area contributed by atoms with E-state index in [1.807, 2.05) is 12.1 Å². The SMILES string of the molecule is NCc1c2ccccc2c(-c2ccc(C(O)=C3CC3)cc2)c2ccccc12. The Morgan fingerprint density at radius 3 is 1.74 bits per heavy atom. The highest BCUT2D eigenvalue weighted by molar-refractivity contribution is 6.15. The number of hydrogen-bond acceptors (Lipinski definition) is 2. The predicted octanol–water partition coefficient (Wildman–Crippen LogP) is 6.18. The summed E-state index contributed by atoms with van der Waals surface area (Å²) in [6.07, 6.45) is 2.03. The van der Waals surface area contributed by atoms with Gasteiger partial charge >= 0.3 is 0 Å². The molecule has 27 heavy (non-hydrogen) atoms. The van der Waals surface area contributed by atoms with Crippen LogP contribution >= 0.6 is 0 Å². The van der Waals surface area contributed by atoms with Crippen molar-refractivity contribution in [1.82, 2.24) is 0 Å². The molecule has 1 saturated carbocycles. The first kappa shape index (κ1) is 16.1. The number of fused-ring (bicyclic) bond motifs is 2. The molecule has 0 aliphatic heterocycles. The van der Waals surface area contributed by atoms with Gasteiger partial charge in [-0.3, -0.25) is 0 Å². The predicted molar refractivity (Wildman–Crippen MR) is 114 cm³/mol. The smallest absolute Gasteiger partial charge is 0.122 e. The Balaban J connectivity index is 1.80. The second-order valence-corrected chi connectivity index (χ2v) is 7.18. The number of rotatable bonds is 3. The van der Waals surface area contributed by atoms with E-state index in [0.29, 0.717) is 12.3 Å². The minimum Gasteiger partial charge on any atom is -0.507 e. The van der Waals surface area contributed by atoms with Crippen molar-refractivity contribution in [2.45, 2.75) is 19.4 Å². The molecule has 2 nitrogen and oxygen atoms in total. The van der Waals surface area contributed by atoms with Gasteiger partial charge in [0.1, 0.15) is 5.76 Å². The molecule has 4 aromatic carbocycles. The molecule has 0 saturated heterocycles. The van der Waals surface area contributed by atoms with Crippen molar-refractivity contribution in [2.24, 2.45) is 5.73 Å². The summed E-state index contributed by atoms with van der Waals surface area (Å²) in [7, 11) is 0. The van der Waals surface area contributed by atoms with Crippen LogP contribution < -0.4 is 5.73 Å². The third-order valence-electron chi connectivity index (χ3n) is 5.53. The van der Waals surface area contributed by atoms with E-state index >= 15 is 0 Å². The minimum atomic E-state index is 0.453. The normalized spacial score (nSPS) is 13.3. The maximum absolute atomic E-state index is 10.3. The van der Waals surface area contributed by atoms with E-state index in [-0.39, 0.29) is 0 Å². The monoisotopic (exact) mass is 351 g/mol. The first-order valence-corrected chi connectivity index (χ1v) is 9.42. The zero-order valence-corrected chi connectivity index (χ0v) is 15.1. The molecule has 0 amide bonds. The highest BCUT2D eigenvalue weighted by atomic mass is 16.3. The van der Waals surface area contributed by atoms with Crippen LogP contribution in [0.15, 0.2) is 78.4 Å². The van der Waals surface area contributed by atoms with Crippen molar-refractivity contribution in [2.75, 3.05) is 0 Å². The third-order valence-corrected chi connectivity index (χ3v) is 5.53. The Labute approximate surface area is 158 Å². The molecule has 2 heteroatoms. The van der Waals surface area contributed by atoms with Crippen molar-refractivity contribution in [3.63, 3.8) is 0 Å². The Morgan fingerprint density at radius 2 is 1.26 bits per heavy atom. The van der Waals surface area contributed by atoms with Crippen LogP contribution in [0.5, 0.6) is 0 Å². The Morgan fingerprint density at radius 1 is 0.741 bits per heavy atom. The first-order chi connectivity index (χ1) is 13.3.